The standard InChI is InChI=1S/C17H21NO4S/c1-12-11-14(9-10-16(12)21-3)23(19,20)18-13(2)15-7-5-6-8-17(15)22-4/h5-11,13,18H,1-4H3. The summed E-state index contributed by atoms with van der Waals surface area (Å²) in [6.07, 6.45) is 0. The zero-order valence-corrected chi connectivity index (χ0v) is 14.5. The van der Waals surface area contributed by atoms with Gasteiger partial charge in [0.15, 0.2) is 0 Å². The third-order valence-electron chi connectivity index (χ3n) is 3.61. The van der Waals surface area contributed by atoms with Crippen molar-refractivity contribution in [2.45, 2.75) is 24.8 Å². The molecular formula is C17H21NO4S. The topological polar surface area (TPSA) is 64.6 Å². The van der Waals surface area contributed by atoms with E-state index < -0.39 is 16.1 Å². The summed E-state index contributed by atoms with van der Waals surface area (Å²) >= 11 is 0. The minimum atomic E-state index is -3.64. The number of sulfonamides is 1. The zero-order chi connectivity index (χ0) is 17.0. The molecule has 0 aliphatic heterocycles. The quantitative estimate of drug-likeness (QED) is 0.881. The Morgan fingerprint density at radius 3 is 2.26 bits per heavy atom. The summed E-state index contributed by atoms with van der Waals surface area (Å²) in [4.78, 5) is 0.206. The highest BCUT2D eigenvalue weighted by atomic mass is 32.2. The summed E-state index contributed by atoms with van der Waals surface area (Å²) in [5, 5.41) is 0. The molecule has 0 radical (unpaired) electrons. The molecule has 6 heteroatoms. The van der Waals surface area contributed by atoms with Gasteiger partial charge < -0.3 is 9.47 Å². The highest BCUT2D eigenvalue weighted by molar-refractivity contribution is 7.89. The molecule has 0 amide bonds. The second-order valence-electron chi connectivity index (χ2n) is 5.22. The molecule has 0 aliphatic carbocycles. The normalized spacial score (nSPS) is 12.7. The van der Waals surface area contributed by atoms with Crippen molar-refractivity contribution in [1.29, 1.82) is 0 Å². The zero-order valence-electron chi connectivity index (χ0n) is 13.7. The fraction of sp³-hybridized carbons (Fsp3) is 0.294. The average molecular weight is 335 g/mol. The van der Waals surface area contributed by atoms with Crippen molar-refractivity contribution in [1.82, 2.24) is 4.72 Å². The summed E-state index contributed by atoms with van der Waals surface area (Å²) in [5.74, 6) is 1.30. The van der Waals surface area contributed by atoms with Gasteiger partial charge in [-0.2, -0.15) is 0 Å². The molecule has 1 N–H and O–H groups in total. The van der Waals surface area contributed by atoms with Crippen molar-refractivity contribution in [2.24, 2.45) is 0 Å². The lowest BCUT2D eigenvalue weighted by atomic mass is 10.1. The van der Waals surface area contributed by atoms with Gasteiger partial charge >= 0.3 is 0 Å². The second-order valence-corrected chi connectivity index (χ2v) is 6.93. The van der Waals surface area contributed by atoms with Crippen LogP contribution in [0.5, 0.6) is 11.5 Å². The smallest absolute Gasteiger partial charge is 0.241 e. The fourth-order valence-corrected chi connectivity index (χ4v) is 3.71. The van der Waals surface area contributed by atoms with Crippen molar-refractivity contribution >= 4 is 10.0 Å². The van der Waals surface area contributed by atoms with Crippen molar-refractivity contribution in [3.63, 3.8) is 0 Å². The highest BCUT2D eigenvalue weighted by Crippen LogP contribution is 2.27. The molecule has 23 heavy (non-hydrogen) atoms. The van der Waals surface area contributed by atoms with Crippen LogP contribution in [0.2, 0.25) is 0 Å². The van der Waals surface area contributed by atoms with Gasteiger partial charge in [-0.1, -0.05) is 18.2 Å². The van der Waals surface area contributed by atoms with E-state index in [1.807, 2.05) is 25.1 Å². The van der Waals surface area contributed by atoms with Gasteiger partial charge in [-0.3, -0.25) is 0 Å². The maximum absolute atomic E-state index is 12.6. The van der Waals surface area contributed by atoms with Gasteiger partial charge in [0.05, 0.1) is 19.1 Å². The van der Waals surface area contributed by atoms with Crippen LogP contribution in [0.4, 0.5) is 0 Å². The van der Waals surface area contributed by atoms with Gasteiger partial charge in [-0.25, -0.2) is 13.1 Å². The van der Waals surface area contributed by atoms with Gasteiger partial charge in [0.2, 0.25) is 10.0 Å². The van der Waals surface area contributed by atoms with E-state index >= 15 is 0 Å². The molecule has 0 bridgehead atoms. The first-order valence-corrected chi connectivity index (χ1v) is 8.67. The summed E-state index contributed by atoms with van der Waals surface area (Å²) in [7, 11) is -0.525. The van der Waals surface area contributed by atoms with Crippen molar-refractivity contribution < 1.29 is 17.9 Å². The van der Waals surface area contributed by atoms with Crippen LogP contribution < -0.4 is 14.2 Å². The monoisotopic (exact) mass is 335 g/mol. The lowest BCUT2D eigenvalue weighted by molar-refractivity contribution is 0.405. The first kappa shape index (κ1) is 17.3. The van der Waals surface area contributed by atoms with Crippen molar-refractivity contribution in [3.05, 3.63) is 53.6 Å². The van der Waals surface area contributed by atoms with E-state index in [4.69, 9.17) is 9.47 Å². The summed E-state index contributed by atoms with van der Waals surface area (Å²) in [6.45, 7) is 3.59. The molecule has 0 aromatic heterocycles. The molecule has 124 valence electrons. The van der Waals surface area contributed by atoms with Crippen LogP contribution in [0.25, 0.3) is 0 Å². The van der Waals surface area contributed by atoms with E-state index in [0.717, 1.165) is 11.1 Å². The molecule has 0 saturated carbocycles. The van der Waals surface area contributed by atoms with E-state index in [0.29, 0.717) is 11.5 Å². The van der Waals surface area contributed by atoms with Crippen LogP contribution in [0.15, 0.2) is 47.4 Å². The third-order valence-corrected chi connectivity index (χ3v) is 5.15. The fourth-order valence-electron chi connectivity index (χ4n) is 2.41. The Morgan fingerprint density at radius 1 is 1.00 bits per heavy atom. The van der Waals surface area contributed by atoms with Crippen LogP contribution in [-0.4, -0.2) is 22.6 Å². The lowest BCUT2D eigenvalue weighted by Gasteiger charge is -2.17. The molecule has 5 nitrogen and oxygen atoms in total. The number of rotatable bonds is 6. The third kappa shape index (κ3) is 3.83. The first-order chi connectivity index (χ1) is 10.9. The molecule has 0 heterocycles. The van der Waals surface area contributed by atoms with E-state index in [2.05, 4.69) is 4.72 Å². The molecule has 1 atom stereocenters. The molecule has 2 aromatic carbocycles. The second kappa shape index (κ2) is 7.02. The van der Waals surface area contributed by atoms with Crippen LogP contribution in [-0.2, 0) is 10.0 Å². The predicted molar refractivity (Wildman–Crippen MR) is 89.5 cm³/mol. The van der Waals surface area contributed by atoms with Gasteiger partial charge in [-0.15, -0.1) is 0 Å². The van der Waals surface area contributed by atoms with Crippen LogP contribution in [0, 0.1) is 6.92 Å². The minimum Gasteiger partial charge on any atom is -0.496 e. The summed E-state index contributed by atoms with van der Waals surface area (Å²) in [6, 6.07) is 11.7. The van der Waals surface area contributed by atoms with Gasteiger partial charge in [0, 0.05) is 11.6 Å². The van der Waals surface area contributed by atoms with Gasteiger partial charge in [0.25, 0.3) is 0 Å². The maximum Gasteiger partial charge on any atom is 0.241 e. The first-order valence-electron chi connectivity index (χ1n) is 7.19. The van der Waals surface area contributed by atoms with E-state index in [1.165, 1.54) is 6.07 Å². The molecule has 1 unspecified atom stereocenters. The van der Waals surface area contributed by atoms with E-state index in [9.17, 15) is 8.42 Å². The minimum absolute atomic E-state index is 0.206. The summed E-state index contributed by atoms with van der Waals surface area (Å²) < 4.78 is 38.3. The van der Waals surface area contributed by atoms with Crippen molar-refractivity contribution in [2.75, 3.05) is 14.2 Å². The number of nitrogens with one attached hydrogen (secondary N) is 1. The van der Waals surface area contributed by atoms with Gasteiger partial charge in [-0.05, 0) is 43.7 Å². The Balaban J connectivity index is 2.29. The summed E-state index contributed by atoms with van der Waals surface area (Å²) in [5.41, 5.74) is 1.55. The molecule has 2 rings (SSSR count). The van der Waals surface area contributed by atoms with Crippen molar-refractivity contribution in [3.8, 4) is 11.5 Å². The molecule has 0 fully saturated rings. The Bertz CT molecular complexity index is 787. The Labute approximate surface area is 137 Å². The number of hydrogen-bond donors (Lipinski definition) is 1. The van der Waals surface area contributed by atoms with Crippen LogP contribution >= 0.6 is 0 Å². The number of aryl methyl sites for hydroxylation is 1. The number of benzene rings is 2. The van der Waals surface area contributed by atoms with Crippen LogP contribution in [0.3, 0.4) is 0 Å². The Morgan fingerprint density at radius 2 is 1.65 bits per heavy atom. The predicted octanol–water partition coefficient (Wildman–Crippen LogP) is 3.05. The highest BCUT2D eigenvalue weighted by Gasteiger charge is 2.21. The van der Waals surface area contributed by atoms with Gasteiger partial charge in [0.1, 0.15) is 11.5 Å². The Kier molecular flexibility index (Phi) is 5.28. The number of para-hydroxylation sites is 1. The SMILES string of the molecule is COc1ccc(S(=O)(=O)NC(C)c2ccccc2OC)cc1C. The number of methoxy groups -OCH3 is 2. The van der Waals surface area contributed by atoms with E-state index in [1.54, 1.807) is 39.3 Å². The molecule has 0 saturated heterocycles. The molecular weight excluding hydrogens is 314 g/mol. The molecule has 0 aliphatic rings. The molecule has 0 spiro atoms. The maximum atomic E-state index is 12.6. The van der Waals surface area contributed by atoms with E-state index in [-0.39, 0.29) is 4.90 Å². The van der Waals surface area contributed by atoms with Crippen LogP contribution in [0.1, 0.15) is 24.1 Å². The lowest BCUT2D eigenvalue weighted by Crippen LogP contribution is -2.27. The number of ether oxygens (including phenoxy) is 2. The average Bonchev–Trinajstić information content (AvgIpc) is 2.54. The number of hydrogen-bond acceptors (Lipinski definition) is 4. The Hall–Kier alpha value is -2.05. The molecule has 2 aromatic rings. The largest absolute Gasteiger partial charge is 0.496 e.